The first kappa shape index (κ1) is 20.3. The van der Waals surface area contributed by atoms with Gasteiger partial charge in [-0.3, -0.25) is 4.40 Å². The van der Waals surface area contributed by atoms with E-state index in [9.17, 15) is 27.2 Å². The van der Waals surface area contributed by atoms with Gasteiger partial charge in [-0.1, -0.05) is 0 Å². The van der Waals surface area contributed by atoms with Gasteiger partial charge >= 0.3 is 6.18 Å². The topological polar surface area (TPSA) is 66.0 Å². The van der Waals surface area contributed by atoms with Crippen LogP contribution in [0.4, 0.5) is 33.5 Å². The van der Waals surface area contributed by atoms with Gasteiger partial charge in [0.15, 0.2) is 11.5 Å². The highest BCUT2D eigenvalue weighted by atomic mass is 19.4. The van der Waals surface area contributed by atoms with Gasteiger partial charge < -0.3 is 5.32 Å². The Hall–Kier alpha value is -4.00. The average molecular weight is 429 g/mol. The van der Waals surface area contributed by atoms with Crippen molar-refractivity contribution in [3.63, 3.8) is 0 Å². The number of alkyl halides is 3. The predicted octanol–water partition coefficient (Wildman–Crippen LogP) is 5.62. The van der Waals surface area contributed by atoms with Gasteiger partial charge in [-0.05, 0) is 43.3 Å². The number of imidazole rings is 1. The van der Waals surface area contributed by atoms with E-state index in [1.807, 2.05) is 6.07 Å². The Morgan fingerprint density at radius 2 is 1.74 bits per heavy atom. The second-order valence-corrected chi connectivity index (χ2v) is 6.68. The molecular formula is C21H12F5N5. The van der Waals surface area contributed by atoms with Gasteiger partial charge in [0.05, 0.1) is 34.3 Å². The highest BCUT2D eigenvalue weighted by Gasteiger charge is 2.30. The van der Waals surface area contributed by atoms with Gasteiger partial charge in [0.2, 0.25) is 0 Å². The number of hydrogen-bond donors (Lipinski definition) is 1. The van der Waals surface area contributed by atoms with E-state index in [1.54, 1.807) is 6.92 Å². The van der Waals surface area contributed by atoms with Crippen molar-refractivity contribution >= 4 is 17.2 Å². The Kier molecular flexibility index (Phi) is 4.81. The van der Waals surface area contributed by atoms with Crippen molar-refractivity contribution < 1.29 is 22.0 Å². The molecule has 0 amide bonds. The van der Waals surface area contributed by atoms with Crippen LogP contribution in [0.2, 0.25) is 0 Å². The summed E-state index contributed by atoms with van der Waals surface area (Å²) in [4.78, 5) is 8.47. The van der Waals surface area contributed by atoms with Crippen LogP contribution < -0.4 is 5.32 Å². The second kappa shape index (κ2) is 7.36. The summed E-state index contributed by atoms with van der Waals surface area (Å²) in [6.07, 6.45) is -3.41. The highest BCUT2D eigenvalue weighted by Crippen LogP contribution is 2.31. The summed E-state index contributed by atoms with van der Waals surface area (Å²) in [5.74, 6) is -1.50. The first-order chi connectivity index (χ1) is 14.7. The third kappa shape index (κ3) is 3.90. The summed E-state index contributed by atoms with van der Waals surface area (Å²) in [5.41, 5.74) is 0.439. The molecule has 0 aliphatic rings. The first-order valence-corrected chi connectivity index (χ1v) is 8.86. The molecule has 0 bridgehead atoms. The fourth-order valence-electron chi connectivity index (χ4n) is 3.17. The number of halogens is 5. The van der Waals surface area contributed by atoms with Gasteiger partial charge in [0.25, 0.3) is 0 Å². The molecule has 0 atom stereocenters. The molecule has 0 spiro atoms. The number of nitriles is 1. The lowest BCUT2D eigenvalue weighted by atomic mass is 10.1. The molecule has 3 heterocycles. The molecule has 1 aromatic carbocycles. The minimum atomic E-state index is -4.46. The van der Waals surface area contributed by atoms with E-state index in [0.29, 0.717) is 17.4 Å². The average Bonchev–Trinajstić information content (AvgIpc) is 3.03. The van der Waals surface area contributed by atoms with Crippen LogP contribution in [0, 0.1) is 29.9 Å². The molecule has 0 fully saturated rings. The number of pyridine rings is 2. The zero-order chi connectivity index (χ0) is 22.3. The van der Waals surface area contributed by atoms with Crippen LogP contribution in [0.25, 0.3) is 17.0 Å². The van der Waals surface area contributed by atoms with E-state index < -0.39 is 23.4 Å². The van der Waals surface area contributed by atoms with Crippen LogP contribution in [-0.2, 0) is 6.18 Å². The maximum atomic E-state index is 14.1. The van der Waals surface area contributed by atoms with Crippen LogP contribution >= 0.6 is 0 Å². The number of aromatic nitrogens is 3. The number of fused-ring (bicyclic) bond motifs is 1. The zero-order valence-corrected chi connectivity index (χ0v) is 15.8. The van der Waals surface area contributed by atoms with Crippen molar-refractivity contribution in [3.05, 3.63) is 77.1 Å². The summed E-state index contributed by atoms with van der Waals surface area (Å²) in [7, 11) is 0. The molecule has 156 valence electrons. The van der Waals surface area contributed by atoms with Gasteiger partial charge in [-0.15, -0.1) is 0 Å². The lowest BCUT2D eigenvalue weighted by Crippen LogP contribution is -2.04. The van der Waals surface area contributed by atoms with Crippen molar-refractivity contribution in [3.8, 4) is 17.5 Å². The molecule has 10 heteroatoms. The maximum absolute atomic E-state index is 14.1. The molecular weight excluding hydrogens is 417 g/mol. The smallest absolute Gasteiger partial charge is 0.340 e. The summed E-state index contributed by atoms with van der Waals surface area (Å²) >= 11 is 0. The van der Waals surface area contributed by atoms with Gasteiger partial charge in [-0.2, -0.15) is 18.4 Å². The van der Waals surface area contributed by atoms with Crippen LogP contribution in [-0.4, -0.2) is 14.4 Å². The predicted molar refractivity (Wildman–Crippen MR) is 103 cm³/mol. The van der Waals surface area contributed by atoms with E-state index >= 15 is 0 Å². The molecule has 31 heavy (non-hydrogen) atoms. The first-order valence-electron chi connectivity index (χ1n) is 8.86. The monoisotopic (exact) mass is 429 g/mol. The number of anilines is 2. The van der Waals surface area contributed by atoms with E-state index in [2.05, 4.69) is 15.3 Å². The Balaban J connectivity index is 1.79. The zero-order valence-electron chi connectivity index (χ0n) is 15.8. The summed E-state index contributed by atoms with van der Waals surface area (Å²) in [6, 6.07) is 9.80. The highest BCUT2D eigenvalue weighted by molar-refractivity contribution is 5.69. The number of nitrogens with zero attached hydrogens (tertiary/aromatic N) is 4. The molecule has 0 saturated heterocycles. The molecule has 3 aromatic heterocycles. The number of hydrogen-bond acceptors (Lipinski definition) is 4. The van der Waals surface area contributed by atoms with Crippen molar-refractivity contribution in [1.29, 1.82) is 5.26 Å². The van der Waals surface area contributed by atoms with Crippen LogP contribution in [0.3, 0.4) is 0 Å². The number of rotatable bonds is 3. The van der Waals surface area contributed by atoms with E-state index in [1.165, 1.54) is 28.7 Å². The Bertz CT molecular complexity index is 1330. The van der Waals surface area contributed by atoms with Crippen molar-refractivity contribution in [1.82, 2.24) is 14.4 Å². The SMILES string of the molecule is Cc1nc2c(F)cc(F)cn2c1-c1cc(C#N)cc(Nc2ccc(C(F)(F)F)cc2)n1. The molecule has 0 saturated carbocycles. The molecule has 0 aliphatic heterocycles. The molecule has 0 unspecified atom stereocenters. The standard InChI is InChI=1S/C21H12F5N5/c1-11-19(31-10-14(22)8-16(23)20(31)28-11)17-6-12(9-27)7-18(30-17)29-15-4-2-13(3-5-15)21(24,25)26/h2-8,10H,1H3,(H,29,30). The summed E-state index contributed by atoms with van der Waals surface area (Å²) in [5, 5.41) is 12.2. The minimum absolute atomic E-state index is 0.102. The van der Waals surface area contributed by atoms with E-state index in [-0.39, 0.29) is 28.4 Å². The fraction of sp³-hybridized carbons (Fsp3) is 0.0952. The third-order valence-electron chi connectivity index (χ3n) is 4.50. The number of aryl methyl sites for hydroxylation is 1. The van der Waals surface area contributed by atoms with Gasteiger partial charge in [0.1, 0.15) is 11.6 Å². The van der Waals surface area contributed by atoms with Gasteiger partial charge in [0, 0.05) is 18.0 Å². The quantitative estimate of drug-likeness (QED) is 0.430. The molecule has 1 N–H and O–H groups in total. The largest absolute Gasteiger partial charge is 0.416 e. The third-order valence-corrected chi connectivity index (χ3v) is 4.50. The molecule has 0 radical (unpaired) electrons. The van der Waals surface area contributed by atoms with Crippen molar-refractivity contribution in [2.24, 2.45) is 0 Å². The maximum Gasteiger partial charge on any atom is 0.416 e. The lowest BCUT2D eigenvalue weighted by molar-refractivity contribution is -0.137. The van der Waals surface area contributed by atoms with E-state index in [4.69, 9.17) is 0 Å². The second-order valence-electron chi connectivity index (χ2n) is 6.68. The van der Waals surface area contributed by atoms with Crippen LogP contribution in [0.5, 0.6) is 0 Å². The van der Waals surface area contributed by atoms with Crippen LogP contribution in [0.15, 0.2) is 48.7 Å². The summed E-state index contributed by atoms with van der Waals surface area (Å²) in [6.45, 7) is 1.59. The summed E-state index contributed by atoms with van der Waals surface area (Å²) < 4.78 is 67.3. The Morgan fingerprint density at radius 1 is 1.03 bits per heavy atom. The molecule has 4 aromatic rings. The van der Waals surface area contributed by atoms with Crippen molar-refractivity contribution in [2.45, 2.75) is 13.1 Å². The molecule has 0 aliphatic carbocycles. The lowest BCUT2D eigenvalue weighted by Gasteiger charge is -2.11. The number of benzene rings is 1. The molecule has 5 nitrogen and oxygen atoms in total. The molecule has 4 rings (SSSR count). The van der Waals surface area contributed by atoms with Crippen molar-refractivity contribution in [2.75, 3.05) is 5.32 Å². The minimum Gasteiger partial charge on any atom is -0.340 e. The Morgan fingerprint density at radius 3 is 2.39 bits per heavy atom. The Labute approximate surface area is 172 Å². The fourth-order valence-corrected chi connectivity index (χ4v) is 3.17. The van der Waals surface area contributed by atoms with Crippen LogP contribution in [0.1, 0.15) is 16.8 Å². The van der Waals surface area contributed by atoms with E-state index in [0.717, 1.165) is 18.3 Å². The number of nitrogens with one attached hydrogen (secondary N) is 1. The normalized spacial score (nSPS) is 11.5. The van der Waals surface area contributed by atoms with Gasteiger partial charge in [-0.25, -0.2) is 18.7 Å².